The molecule has 0 aliphatic heterocycles. The fourth-order valence-electron chi connectivity index (χ4n) is 0.985. The van der Waals surface area contributed by atoms with Crippen LogP contribution in [0, 0.1) is 0 Å². The zero-order valence-electron chi connectivity index (χ0n) is 8.32. The van der Waals surface area contributed by atoms with Gasteiger partial charge in [-0.1, -0.05) is 0 Å². The summed E-state index contributed by atoms with van der Waals surface area (Å²) in [5.74, 6) is -0.764. The molecule has 0 aliphatic carbocycles. The van der Waals surface area contributed by atoms with Crippen molar-refractivity contribution in [1.82, 2.24) is 14.9 Å². The molecule has 88 valence electrons. The number of carbonyl (C=O) groups excluding carboxylic acids is 1. The van der Waals surface area contributed by atoms with Gasteiger partial charge in [0.15, 0.2) is 0 Å². The van der Waals surface area contributed by atoms with Gasteiger partial charge in [0.05, 0.1) is 12.4 Å². The highest BCUT2D eigenvalue weighted by molar-refractivity contribution is 5.91. The van der Waals surface area contributed by atoms with Crippen molar-refractivity contribution in [2.45, 2.75) is 6.18 Å². The minimum atomic E-state index is -4.44. The van der Waals surface area contributed by atoms with Crippen LogP contribution in [0.4, 0.5) is 19.0 Å². The van der Waals surface area contributed by atoms with Gasteiger partial charge in [-0.05, 0) is 0 Å². The molecule has 8 heteroatoms. The predicted molar refractivity (Wildman–Crippen MR) is 49.5 cm³/mol. The first kappa shape index (κ1) is 12.2. The van der Waals surface area contributed by atoms with E-state index in [9.17, 15) is 18.0 Å². The molecule has 0 saturated carbocycles. The van der Waals surface area contributed by atoms with Crippen molar-refractivity contribution in [2.24, 2.45) is 0 Å². The lowest BCUT2D eigenvalue weighted by molar-refractivity contribution is -0.138. The smallest absolute Gasteiger partial charge is 0.382 e. The second kappa shape index (κ2) is 4.33. The zero-order valence-corrected chi connectivity index (χ0v) is 8.32. The molecule has 1 aromatic heterocycles. The molecular formula is C8H9F3N4O. The third kappa shape index (κ3) is 3.37. The first-order valence-corrected chi connectivity index (χ1v) is 4.19. The number of nitrogens with two attached hydrogens (primary N) is 1. The molecule has 2 N–H and O–H groups in total. The van der Waals surface area contributed by atoms with Crippen molar-refractivity contribution >= 4 is 11.7 Å². The van der Waals surface area contributed by atoms with Gasteiger partial charge in [0.25, 0.3) is 5.91 Å². The van der Waals surface area contributed by atoms with Crippen molar-refractivity contribution in [2.75, 3.05) is 19.3 Å². The summed E-state index contributed by atoms with van der Waals surface area (Å²) < 4.78 is 36.0. The minimum Gasteiger partial charge on any atom is -0.382 e. The van der Waals surface area contributed by atoms with E-state index in [0.717, 1.165) is 19.4 Å². The molecule has 1 rings (SSSR count). The van der Waals surface area contributed by atoms with Crippen LogP contribution in [-0.2, 0) is 0 Å². The summed E-state index contributed by atoms with van der Waals surface area (Å²) >= 11 is 0. The summed E-state index contributed by atoms with van der Waals surface area (Å²) in [4.78, 5) is 19.1. The van der Waals surface area contributed by atoms with E-state index in [0.29, 0.717) is 4.90 Å². The van der Waals surface area contributed by atoms with Gasteiger partial charge < -0.3 is 10.6 Å². The molecule has 1 aromatic rings. The maximum absolute atomic E-state index is 12.0. The third-order valence-electron chi connectivity index (χ3n) is 1.65. The molecular weight excluding hydrogens is 225 g/mol. The lowest BCUT2D eigenvalue weighted by Crippen LogP contribution is -2.36. The van der Waals surface area contributed by atoms with E-state index in [1.807, 2.05) is 0 Å². The molecule has 0 spiro atoms. The number of nitrogens with zero attached hydrogens (tertiary/aromatic N) is 3. The third-order valence-corrected chi connectivity index (χ3v) is 1.65. The summed E-state index contributed by atoms with van der Waals surface area (Å²) in [6.45, 7) is -1.34. The summed E-state index contributed by atoms with van der Waals surface area (Å²) in [6.07, 6.45) is -2.30. The van der Waals surface area contributed by atoms with Crippen LogP contribution < -0.4 is 5.73 Å². The molecule has 0 unspecified atom stereocenters. The number of carbonyl (C=O) groups is 1. The first-order chi connectivity index (χ1) is 7.29. The Morgan fingerprint density at radius 3 is 2.50 bits per heavy atom. The summed E-state index contributed by atoms with van der Waals surface area (Å²) in [7, 11) is 1.04. The van der Waals surface area contributed by atoms with Crippen LogP contribution >= 0.6 is 0 Å². The maximum Gasteiger partial charge on any atom is 0.406 e. The Balaban J connectivity index is 2.74. The number of hydrogen-bond donors (Lipinski definition) is 1. The van der Waals surface area contributed by atoms with Gasteiger partial charge in [-0.3, -0.25) is 4.79 Å². The Bertz CT molecular complexity index is 376. The van der Waals surface area contributed by atoms with E-state index in [2.05, 4.69) is 9.97 Å². The summed E-state index contributed by atoms with van der Waals surface area (Å²) in [6, 6.07) is 0. The van der Waals surface area contributed by atoms with Crippen LogP contribution in [-0.4, -0.2) is 40.5 Å². The number of alkyl halides is 3. The van der Waals surface area contributed by atoms with Crippen molar-refractivity contribution < 1.29 is 18.0 Å². The highest BCUT2D eigenvalue weighted by Crippen LogP contribution is 2.16. The van der Waals surface area contributed by atoms with E-state index in [-0.39, 0.29) is 11.5 Å². The molecule has 1 amide bonds. The quantitative estimate of drug-likeness (QED) is 0.817. The Morgan fingerprint density at radius 2 is 2.06 bits per heavy atom. The number of anilines is 1. The number of amides is 1. The topological polar surface area (TPSA) is 72.1 Å². The van der Waals surface area contributed by atoms with Gasteiger partial charge in [0.1, 0.15) is 18.1 Å². The zero-order chi connectivity index (χ0) is 12.3. The van der Waals surface area contributed by atoms with Crippen LogP contribution in [0.15, 0.2) is 12.4 Å². The molecule has 0 fully saturated rings. The van der Waals surface area contributed by atoms with E-state index in [1.165, 1.54) is 0 Å². The molecule has 5 nitrogen and oxygen atoms in total. The Labute approximate surface area is 89.1 Å². The second-order valence-electron chi connectivity index (χ2n) is 3.10. The molecule has 0 bridgehead atoms. The lowest BCUT2D eigenvalue weighted by Gasteiger charge is -2.18. The molecule has 0 aliphatic rings. The van der Waals surface area contributed by atoms with Crippen molar-refractivity contribution in [3.63, 3.8) is 0 Å². The standard InChI is InChI=1S/C8H9F3N4O/c1-15(4-8(9,10)11)7(16)5-2-14-6(12)3-13-5/h2-3H,4H2,1H3,(H2,12,14). The van der Waals surface area contributed by atoms with Gasteiger partial charge in [0.2, 0.25) is 0 Å². The SMILES string of the molecule is CN(CC(F)(F)F)C(=O)c1cnc(N)cn1. The molecule has 16 heavy (non-hydrogen) atoms. The highest BCUT2D eigenvalue weighted by atomic mass is 19.4. The molecule has 0 radical (unpaired) electrons. The average molecular weight is 234 g/mol. The van der Waals surface area contributed by atoms with Gasteiger partial charge in [0, 0.05) is 7.05 Å². The van der Waals surface area contributed by atoms with Gasteiger partial charge in [-0.2, -0.15) is 13.2 Å². The number of aromatic nitrogens is 2. The summed E-state index contributed by atoms with van der Waals surface area (Å²) in [5.41, 5.74) is 5.05. The Hall–Kier alpha value is -1.86. The molecule has 0 atom stereocenters. The number of halogens is 3. The van der Waals surface area contributed by atoms with E-state index >= 15 is 0 Å². The van der Waals surface area contributed by atoms with Gasteiger partial charge in [-0.15, -0.1) is 0 Å². The minimum absolute atomic E-state index is 0.0926. The van der Waals surface area contributed by atoms with Crippen LogP contribution in [0.25, 0.3) is 0 Å². The van der Waals surface area contributed by atoms with Crippen molar-refractivity contribution in [3.8, 4) is 0 Å². The lowest BCUT2D eigenvalue weighted by atomic mass is 10.4. The van der Waals surface area contributed by atoms with Crippen LogP contribution in [0.2, 0.25) is 0 Å². The normalized spacial score (nSPS) is 11.2. The van der Waals surface area contributed by atoms with E-state index in [4.69, 9.17) is 5.73 Å². The van der Waals surface area contributed by atoms with Crippen LogP contribution in [0.5, 0.6) is 0 Å². The highest BCUT2D eigenvalue weighted by Gasteiger charge is 2.31. The number of nitrogen functional groups attached to an aromatic ring is 1. The van der Waals surface area contributed by atoms with Gasteiger partial charge >= 0.3 is 6.18 Å². The number of rotatable bonds is 2. The molecule has 0 saturated heterocycles. The first-order valence-electron chi connectivity index (χ1n) is 4.19. The average Bonchev–Trinajstić information content (AvgIpc) is 2.15. The largest absolute Gasteiger partial charge is 0.406 e. The number of hydrogen-bond acceptors (Lipinski definition) is 4. The van der Waals surface area contributed by atoms with Crippen LogP contribution in [0.3, 0.4) is 0 Å². The van der Waals surface area contributed by atoms with E-state index < -0.39 is 18.6 Å². The van der Waals surface area contributed by atoms with Crippen molar-refractivity contribution in [3.05, 3.63) is 18.1 Å². The van der Waals surface area contributed by atoms with E-state index in [1.54, 1.807) is 0 Å². The van der Waals surface area contributed by atoms with Crippen molar-refractivity contribution in [1.29, 1.82) is 0 Å². The summed E-state index contributed by atoms with van der Waals surface area (Å²) in [5, 5.41) is 0. The molecule has 1 heterocycles. The second-order valence-corrected chi connectivity index (χ2v) is 3.10. The molecule has 0 aromatic carbocycles. The fraction of sp³-hybridized carbons (Fsp3) is 0.375. The maximum atomic E-state index is 12.0. The van der Waals surface area contributed by atoms with Gasteiger partial charge in [-0.25, -0.2) is 9.97 Å². The monoisotopic (exact) mass is 234 g/mol. The Kier molecular flexibility index (Phi) is 3.31. The fourth-order valence-corrected chi connectivity index (χ4v) is 0.985. The Morgan fingerprint density at radius 1 is 1.44 bits per heavy atom. The van der Waals surface area contributed by atoms with Crippen LogP contribution in [0.1, 0.15) is 10.5 Å². The predicted octanol–water partition coefficient (Wildman–Crippen LogP) is 0.693.